The van der Waals surface area contributed by atoms with Gasteiger partial charge < -0.3 is 4.74 Å². The van der Waals surface area contributed by atoms with Crippen molar-refractivity contribution in [3.8, 4) is 11.5 Å². The number of para-hydroxylation sites is 2. The van der Waals surface area contributed by atoms with Crippen molar-refractivity contribution in [3.63, 3.8) is 0 Å². The second-order valence-electron chi connectivity index (χ2n) is 15.3. The molecule has 1 heterocycles. The van der Waals surface area contributed by atoms with Crippen LogP contribution in [0.1, 0.15) is 89.2 Å². The van der Waals surface area contributed by atoms with E-state index in [1.165, 1.54) is 27.0 Å². The molecule has 0 amide bonds. The molecular formula is C43H48NO2PS. The summed E-state index contributed by atoms with van der Waals surface area (Å²) in [6.45, 7) is 17.4. The maximum Gasteiger partial charge on any atom is 0.139 e. The summed E-state index contributed by atoms with van der Waals surface area (Å²) < 4.78 is 23.0. The van der Waals surface area contributed by atoms with Crippen molar-refractivity contribution < 1.29 is 8.95 Å². The fourth-order valence-corrected chi connectivity index (χ4v) is 10.5. The summed E-state index contributed by atoms with van der Waals surface area (Å²) >= 11 is 0. The summed E-state index contributed by atoms with van der Waals surface area (Å²) in [6, 6.07) is 43.3. The number of hydrogen-bond acceptors (Lipinski definition) is 2. The SMILES string of the molecule is CN(C(c1ccc(C(C)(C)C)cc1)c1cccc2c1Oc1c(P(c3ccccc3)c3ccccc3)cccc1C2(C)C)[S@](=O)C(C)(C)C. The molecule has 5 aromatic rings. The lowest BCUT2D eigenvalue weighted by atomic mass is 9.74. The van der Waals surface area contributed by atoms with Crippen LogP contribution in [-0.4, -0.2) is 20.3 Å². The van der Waals surface area contributed by atoms with Gasteiger partial charge in [-0.05, 0) is 55.8 Å². The third-order valence-electron chi connectivity index (χ3n) is 9.40. The number of hydrogen-bond donors (Lipinski definition) is 0. The predicted molar refractivity (Wildman–Crippen MR) is 206 cm³/mol. The van der Waals surface area contributed by atoms with Crippen molar-refractivity contribution in [3.05, 3.63) is 149 Å². The van der Waals surface area contributed by atoms with Crippen molar-refractivity contribution in [2.24, 2.45) is 0 Å². The highest BCUT2D eigenvalue weighted by Crippen LogP contribution is 2.53. The van der Waals surface area contributed by atoms with Gasteiger partial charge in [0, 0.05) is 34.5 Å². The average Bonchev–Trinajstić information content (AvgIpc) is 3.06. The second kappa shape index (κ2) is 13.0. The summed E-state index contributed by atoms with van der Waals surface area (Å²) in [5.74, 6) is 1.80. The number of benzene rings is 5. The average molecular weight is 674 g/mol. The molecule has 0 fully saturated rings. The van der Waals surface area contributed by atoms with Crippen LogP contribution in [0.4, 0.5) is 0 Å². The molecule has 0 saturated heterocycles. The first-order chi connectivity index (χ1) is 22.7. The maximum absolute atomic E-state index is 14.1. The largest absolute Gasteiger partial charge is 0.456 e. The van der Waals surface area contributed by atoms with Gasteiger partial charge in [-0.3, -0.25) is 0 Å². The Kier molecular flexibility index (Phi) is 9.33. The van der Waals surface area contributed by atoms with Gasteiger partial charge in [0.2, 0.25) is 0 Å². The van der Waals surface area contributed by atoms with Gasteiger partial charge in [-0.25, -0.2) is 8.51 Å². The minimum atomic E-state index is -1.28. The van der Waals surface area contributed by atoms with E-state index in [9.17, 15) is 4.21 Å². The molecule has 0 aromatic heterocycles. The van der Waals surface area contributed by atoms with Crippen LogP contribution >= 0.6 is 7.92 Å². The van der Waals surface area contributed by atoms with Crippen LogP contribution in [0.3, 0.4) is 0 Å². The molecule has 48 heavy (non-hydrogen) atoms. The molecule has 5 aromatic carbocycles. The first kappa shape index (κ1) is 34.3. The molecule has 0 N–H and O–H groups in total. The highest BCUT2D eigenvalue weighted by molar-refractivity contribution is 7.84. The lowest BCUT2D eigenvalue weighted by Gasteiger charge is -2.40. The van der Waals surface area contributed by atoms with E-state index in [-0.39, 0.29) is 16.9 Å². The Morgan fingerprint density at radius 1 is 0.667 bits per heavy atom. The molecule has 0 saturated carbocycles. The second-order valence-corrected chi connectivity index (χ2v) is 19.8. The molecular weight excluding hydrogens is 626 g/mol. The number of nitrogens with zero attached hydrogens (tertiary/aromatic N) is 1. The summed E-state index contributed by atoms with van der Waals surface area (Å²) in [5, 5.41) is 3.76. The van der Waals surface area contributed by atoms with Gasteiger partial charge in [0.1, 0.15) is 22.5 Å². The Hall–Kier alpha value is -3.56. The minimum absolute atomic E-state index is 0.0309. The molecule has 6 rings (SSSR count). The van der Waals surface area contributed by atoms with Gasteiger partial charge in [0.25, 0.3) is 0 Å². The molecule has 248 valence electrons. The van der Waals surface area contributed by atoms with Gasteiger partial charge in [-0.15, -0.1) is 0 Å². The Balaban J connectivity index is 1.56. The van der Waals surface area contributed by atoms with Gasteiger partial charge in [-0.1, -0.05) is 156 Å². The van der Waals surface area contributed by atoms with Gasteiger partial charge in [0.05, 0.1) is 10.8 Å². The molecule has 3 nitrogen and oxygen atoms in total. The summed E-state index contributed by atoms with van der Waals surface area (Å²) in [7, 11) is -0.192. The van der Waals surface area contributed by atoms with Crippen molar-refractivity contribution in [1.82, 2.24) is 4.31 Å². The monoisotopic (exact) mass is 673 g/mol. The van der Waals surface area contributed by atoms with Crippen molar-refractivity contribution in [1.29, 1.82) is 0 Å². The fourth-order valence-electron chi connectivity index (χ4n) is 6.78. The zero-order valence-electron chi connectivity index (χ0n) is 29.7. The van der Waals surface area contributed by atoms with Crippen molar-refractivity contribution in [2.75, 3.05) is 7.05 Å². The van der Waals surface area contributed by atoms with Crippen LogP contribution < -0.4 is 20.7 Å². The van der Waals surface area contributed by atoms with E-state index in [0.717, 1.165) is 28.2 Å². The molecule has 2 atom stereocenters. The van der Waals surface area contributed by atoms with E-state index in [1.54, 1.807) is 0 Å². The van der Waals surface area contributed by atoms with E-state index in [4.69, 9.17) is 4.74 Å². The standard InChI is InChI=1S/C43H48NO2PS/c1-41(2,3)31-28-26-30(27-29-31)38(44(9)48(45)42(4,5)6)34-22-16-23-35-39(34)46-40-36(43(35,7)8)24-17-25-37(40)47(32-18-12-10-13-19-32)33-20-14-11-15-21-33/h10-29,38H,1-9H3/t38?,48-/m1/s1. The van der Waals surface area contributed by atoms with E-state index < -0.39 is 23.7 Å². The molecule has 0 aliphatic carbocycles. The summed E-state index contributed by atoms with van der Waals surface area (Å²) in [4.78, 5) is 0. The topological polar surface area (TPSA) is 29.5 Å². The number of ether oxygens (including phenoxy) is 1. The first-order valence-corrected chi connectivity index (χ1v) is 19.2. The summed E-state index contributed by atoms with van der Waals surface area (Å²) in [5.41, 5.74) is 5.41. The molecule has 0 spiro atoms. The molecule has 0 radical (unpaired) electrons. The molecule has 5 heteroatoms. The Morgan fingerprint density at radius 3 is 1.71 bits per heavy atom. The molecule has 1 unspecified atom stereocenters. The Bertz CT molecular complexity index is 1880. The lowest BCUT2D eigenvalue weighted by Crippen LogP contribution is -2.38. The van der Waals surface area contributed by atoms with E-state index >= 15 is 0 Å². The van der Waals surface area contributed by atoms with Crippen molar-refractivity contribution >= 4 is 34.8 Å². The highest BCUT2D eigenvalue weighted by atomic mass is 32.2. The summed E-state index contributed by atoms with van der Waals surface area (Å²) in [6.07, 6.45) is 0. The minimum Gasteiger partial charge on any atom is -0.456 e. The maximum atomic E-state index is 14.1. The van der Waals surface area contributed by atoms with Crippen LogP contribution in [0.2, 0.25) is 0 Å². The predicted octanol–water partition coefficient (Wildman–Crippen LogP) is 9.66. The molecule has 1 aliphatic rings. The zero-order chi connectivity index (χ0) is 34.4. The van der Waals surface area contributed by atoms with Gasteiger partial charge >= 0.3 is 0 Å². The number of fused-ring (bicyclic) bond motifs is 2. The number of rotatable bonds is 7. The Morgan fingerprint density at radius 2 is 1.19 bits per heavy atom. The molecule has 0 bridgehead atoms. The third-order valence-corrected chi connectivity index (χ3v) is 13.6. The van der Waals surface area contributed by atoms with Gasteiger partial charge in [0.15, 0.2) is 0 Å². The smallest absolute Gasteiger partial charge is 0.139 e. The normalized spacial score (nSPS) is 15.4. The van der Waals surface area contributed by atoms with Crippen LogP contribution in [0.25, 0.3) is 0 Å². The lowest BCUT2D eigenvalue weighted by molar-refractivity contribution is 0.389. The Labute approximate surface area is 291 Å². The highest BCUT2D eigenvalue weighted by Gasteiger charge is 2.40. The first-order valence-electron chi connectivity index (χ1n) is 16.8. The van der Waals surface area contributed by atoms with Crippen LogP contribution in [-0.2, 0) is 21.8 Å². The van der Waals surface area contributed by atoms with Gasteiger partial charge in [-0.2, -0.15) is 0 Å². The molecule has 1 aliphatic heterocycles. The zero-order valence-corrected chi connectivity index (χ0v) is 31.5. The van der Waals surface area contributed by atoms with Crippen LogP contribution in [0.15, 0.2) is 121 Å². The van der Waals surface area contributed by atoms with Crippen molar-refractivity contribution in [2.45, 2.75) is 77.0 Å². The van der Waals surface area contributed by atoms with E-state index in [0.29, 0.717) is 0 Å². The van der Waals surface area contributed by atoms with E-state index in [1.807, 2.05) is 32.1 Å². The van der Waals surface area contributed by atoms with Crippen LogP contribution in [0.5, 0.6) is 11.5 Å². The third kappa shape index (κ3) is 6.43. The van der Waals surface area contributed by atoms with Crippen LogP contribution in [0, 0.1) is 0 Å². The van der Waals surface area contributed by atoms with E-state index in [2.05, 4.69) is 156 Å². The fraction of sp³-hybridized carbons (Fsp3) is 0.302. The quantitative estimate of drug-likeness (QED) is 0.161.